The molecule has 0 unspecified atom stereocenters. The lowest BCUT2D eigenvalue weighted by atomic mass is 10.0. The van der Waals surface area contributed by atoms with Crippen molar-refractivity contribution in [1.29, 1.82) is 0 Å². The SMILES string of the molecule is Cc1cc(C)c(C(N)=S)c(NCC2CCOCC2)n1. The van der Waals surface area contributed by atoms with Crippen LogP contribution >= 0.6 is 12.2 Å². The molecule has 1 aliphatic heterocycles. The van der Waals surface area contributed by atoms with E-state index in [0.717, 1.165) is 55.2 Å². The minimum absolute atomic E-state index is 0.402. The van der Waals surface area contributed by atoms with Crippen molar-refractivity contribution in [3.05, 3.63) is 22.9 Å². The normalized spacial score (nSPS) is 16.3. The van der Waals surface area contributed by atoms with Crippen LogP contribution in [-0.2, 0) is 4.74 Å². The molecule has 4 nitrogen and oxygen atoms in total. The molecular formula is C14H21N3OS. The summed E-state index contributed by atoms with van der Waals surface area (Å²) in [5.41, 5.74) is 8.73. The van der Waals surface area contributed by atoms with Gasteiger partial charge in [0.05, 0.1) is 5.56 Å². The van der Waals surface area contributed by atoms with E-state index in [4.69, 9.17) is 22.7 Å². The third kappa shape index (κ3) is 3.64. The number of pyridine rings is 1. The maximum Gasteiger partial charge on any atom is 0.136 e. The monoisotopic (exact) mass is 279 g/mol. The van der Waals surface area contributed by atoms with Crippen LogP contribution in [0.15, 0.2) is 6.07 Å². The van der Waals surface area contributed by atoms with E-state index >= 15 is 0 Å². The van der Waals surface area contributed by atoms with Gasteiger partial charge in [0.25, 0.3) is 0 Å². The van der Waals surface area contributed by atoms with Gasteiger partial charge in [-0.2, -0.15) is 0 Å². The van der Waals surface area contributed by atoms with Crippen molar-refractivity contribution in [2.75, 3.05) is 25.1 Å². The third-order valence-corrected chi connectivity index (χ3v) is 3.69. The van der Waals surface area contributed by atoms with Gasteiger partial charge in [0.1, 0.15) is 10.8 Å². The number of aryl methyl sites for hydroxylation is 2. The molecule has 1 aliphatic rings. The second-order valence-electron chi connectivity index (χ2n) is 5.11. The highest BCUT2D eigenvalue weighted by molar-refractivity contribution is 7.80. The average Bonchev–Trinajstić information content (AvgIpc) is 2.36. The number of ether oxygens (including phenoxy) is 1. The van der Waals surface area contributed by atoms with Crippen LogP contribution in [0, 0.1) is 19.8 Å². The van der Waals surface area contributed by atoms with Gasteiger partial charge in [-0.05, 0) is 44.2 Å². The second-order valence-corrected chi connectivity index (χ2v) is 5.54. The van der Waals surface area contributed by atoms with Crippen LogP contribution < -0.4 is 11.1 Å². The van der Waals surface area contributed by atoms with Crippen LogP contribution in [0.3, 0.4) is 0 Å². The lowest BCUT2D eigenvalue weighted by Crippen LogP contribution is -2.24. The molecule has 2 rings (SSSR count). The van der Waals surface area contributed by atoms with Crippen LogP contribution in [0.5, 0.6) is 0 Å². The molecule has 3 N–H and O–H groups in total. The number of anilines is 1. The molecule has 1 aromatic heterocycles. The van der Waals surface area contributed by atoms with Gasteiger partial charge in [-0.3, -0.25) is 0 Å². The molecule has 19 heavy (non-hydrogen) atoms. The predicted octanol–water partition coefficient (Wildman–Crippen LogP) is 2.17. The van der Waals surface area contributed by atoms with Crippen LogP contribution in [0.25, 0.3) is 0 Å². The molecular weight excluding hydrogens is 258 g/mol. The zero-order chi connectivity index (χ0) is 13.8. The molecule has 1 aromatic rings. The van der Waals surface area contributed by atoms with Crippen molar-refractivity contribution in [3.8, 4) is 0 Å². The van der Waals surface area contributed by atoms with E-state index in [1.54, 1.807) is 0 Å². The number of nitrogens with one attached hydrogen (secondary N) is 1. The van der Waals surface area contributed by atoms with Crippen molar-refractivity contribution in [3.63, 3.8) is 0 Å². The first kappa shape index (κ1) is 14.2. The van der Waals surface area contributed by atoms with E-state index in [1.807, 2.05) is 19.9 Å². The van der Waals surface area contributed by atoms with Gasteiger partial charge in [-0.1, -0.05) is 12.2 Å². The summed E-state index contributed by atoms with van der Waals surface area (Å²) in [5.74, 6) is 1.45. The van der Waals surface area contributed by atoms with Gasteiger partial charge in [-0.25, -0.2) is 4.98 Å². The molecule has 0 radical (unpaired) electrons. The Kier molecular flexibility index (Phi) is 4.71. The Morgan fingerprint density at radius 2 is 2.16 bits per heavy atom. The van der Waals surface area contributed by atoms with Crippen molar-refractivity contribution >= 4 is 23.0 Å². The first-order chi connectivity index (χ1) is 9.08. The highest BCUT2D eigenvalue weighted by Gasteiger charge is 2.16. The van der Waals surface area contributed by atoms with E-state index in [2.05, 4.69) is 10.3 Å². The number of hydrogen-bond acceptors (Lipinski definition) is 4. The van der Waals surface area contributed by atoms with Gasteiger partial charge < -0.3 is 15.8 Å². The van der Waals surface area contributed by atoms with Crippen molar-refractivity contribution in [2.45, 2.75) is 26.7 Å². The molecule has 0 aromatic carbocycles. The summed E-state index contributed by atoms with van der Waals surface area (Å²) in [5, 5.41) is 3.41. The van der Waals surface area contributed by atoms with E-state index in [-0.39, 0.29) is 0 Å². The van der Waals surface area contributed by atoms with Gasteiger partial charge in [0, 0.05) is 25.5 Å². The zero-order valence-corrected chi connectivity index (χ0v) is 12.3. The largest absolute Gasteiger partial charge is 0.389 e. The molecule has 0 atom stereocenters. The van der Waals surface area contributed by atoms with Crippen LogP contribution in [0.2, 0.25) is 0 Å². The molecule has 1 fully saturated rings. The number of rotatable bonds is 4. The van der Waals surface area contributed by atoms with Gasteiger partial charge in [-0.15, -0.1) is 0 Å². The van der Waals surface area contributed by atoms with Gasteiger partial charge in [0.2, 0.25) is 0 Å². The highest BCUT2D eigenvalue weighted by Crippen LogP contribution is 2.21. The molecule has 104 valence electrons. The Balaban J connectivity index is 2.12. The fourth-order valence-electron chi connectivity index (χ4n) is 2.47. The molecule has 0 spiro atoms. The standard InChI is InChI=1S/C14H21N3OS/c1-9-7-10(2)17-14(12(9)13(15)19)16-8-11-3-5-18-6-4-11/h7,11H,3-6,8H2,1-2H3,(H2,15,19)(H,16,17). The third-order valence-electron chi connectivity index (χ3n) is 3.49. The number of nitrogens with zero attached hydrogens (tertiary/aromatic N) is 1. The maximum atomic E-state index is 5.81. The molecule has 2 heterocycles. The summed E-state index contributed by atoms with van der Waals surface area (Å²) >= 11 is 5.13. The van der Waals surface area contributed by atoms with Crippen LogP contribution in [0.4, 0.5) is 5.82 Å². The summed E-state index contributed by atoms with van der Waals surface area (Å²) < 4.78 is 5.37. The Bertz CT molecular complexity index is 470. The molecule has 5 heteroatoms. The van der Waals surface area contributed by atoms with E-state index in [1.165, 1.54) is 0 Å². The minimum Gasteiger partial charge on any atom is -0.389 e. The summed E-state index contributed by atoms with van der Waals surface area (Å²) in [6.07, 6.45) is 2.19. The minimum atomic E-state index is 0.402. The molecule has 0 bridgehead atoms. The molecule has 1 saturated heterocycles. The van der Waals surface area contributed by atoms with E-state index < -0.39 is 0 Å². The van der Waals surface area contributed by atoms with Gasteiger partial charge in [0.15, 0.2) is 0 Å². The Labute approximate surface area is 119 Å². The highest BCUT2D eigenvalue weighted by atomic mass is 32.1. The average molecular weight is 279 g/mol. The number of thiocarbonyl (C=S) groups is 1. The summed E-state index contributed by atoms with van der Waals surface area (Å²) in [6.45, 7) is 6.61. The fraction of sp³-hybridized carbons (Fsp3) is 0.571. The first-order valence-corrected chi connectivity index (χ1v) is 7.08. The second kappa shape index (κ2) is 6.30. The molecule has 0 aliphatic carbocycles. The maximum absolute atomic E-state index is 5.81. The van der Waals surface area contributed by atoms with E-state index in [0.29, 0.717) is 10.9 Å². The number of aromatic nitrogens is 1. The Morgan fingerprint density at radius 1 is 1.47 bits per heavy atom. The zero-order valence-electron chi connectivity index (χ0n) is 11.5. The lowest BCUT2D eigenvalue weighted by Gasteiger charge is -2.23. The van der Waals surface area contributed by atoms with E-state index in [9.17, 15) is 0 Å². The quantitative estimate of drug-likeness (QED) is 0.827. The Hall–Kier alpha value is -1.20. The van der Waals surface area contributed by atoms with Gasteiger partial charge >= 0.3 is 0 Å². The summed E-state index contributed by atoms with van der Waals surface area (Å²) in [4.78, 5) is 4.93. The van der Waals surface area contributed by atoms with Crippen molar-refractivity contribution in [2.24, 2.45) is 11.7 Å². The topological polar surface area (TPSA) is 60.2 Å². The summed E-state index contributed by atoms with van der Waals surface area (Å²) in [6, 6.07) is 2.01. The number of hydrogen-bond donors (Lipinski definition) is 2. The van der Waals surface area contributed by atoms with Crippen LogP contribution in [0.1, 0.15) is 29.7 Å². The van der Waals surface area contributed by atoms with Crippen molar-refractivity contribution < 1.29 is 4.74 Å². The predicted molar refractivity (Wildman–Crippen MR) is 81.6 cm³/mol. The lowest BCUT2D eigenvalue weighted by molar-refractivity contribution is 0.0699. The Morgan fingerprint density at radius 3 is 2.79 bits per heavy atom. The molecule has 0 amide bonds. The smallest absolute Gasteiger partial charge is 0.136 e. The van der Waals surface area contributed by atoms with Crippen molar-refractivity contribution in [1.82, 2.24) is 4.98 Å². The van der Waals surface area contributed by atoms with Crippen LogP contribution in [-0.4, -0.2) is 29.7 Å². The first-order valence-electron chi connectivity index (χ1n) is 6.67. The number of nitrogens with two attached hydrogens (primary N) is 1. The summed E-state index contributed by atoms with van der Waals surface area (Å²) in [7, 11) is 0. The molecule has 0 saturated carbocycles. The fourth-order valence-corrected chi connectivity index (χ4v) is 2.72.